The standard InChI is InChI=1S/C21H23NO3/c1-4-5-14-24-17-8-6-16(7-9-17)19-18(15-10-12-22-13-11-15)20(23)21(2,3)25-19/h6-13H,4-5,14H2,1-3H3. The number of aromatic nitrogens is 1. The van der Waals surface area contributed by atoms with Crippen molar-refractivity contribution >= 4 is 17.1 Å². The first-order valence-electron chi connectivity index (χ1n) is 8.64. The normalized spacial score (nSPS) is 16.0. The minimum Gasteiger partial charge on any atom is -0.494 e. The topological polar surface area (TPSA) is 48.4 Å². The highest BCUT2D eigenvalue weighted by Gasteiger charge is 2.42. The molecule has 3 rings (SSSR count). The van der Waals surface area contributed by atoms with Crippen molar-refractivity contribution in [1.29, 1.82) is 0 Å². The summed E-state index contributed by atoms with van der Waals surface area (Å²) in [6.07, 6.45) is 5.50. The van der Waals surface area contributed by atoms with Crippen molar-refractivity contribution in [1.82, 2.24) is 4.98 Å². The van der Waals surface area contributed by atoms with Gasteiger partial charge >= 0.3 is 0 Å². The molecule has 0 fully saturated rings. The molecule has 2 aromatic rings. The SMILES string of the molecule is CCCCOc1ccc(C2=C(c3ccncc3)C(=O)C(C)(C)O2)cc1. The molecule has 0 bridgehead atoms. The molecule has 1 aromatic heterocycles. The first-order chi connectivity index (χ1) is 12.0. The second kappa shape index (κ2) is 7.09. The van der Waals surface area contributed by atoms with Crippen molar-refractivity contribution in [3.63, 3.8) is 0 Å². The molecule has 2 heterocycles. The molecular formula is C21H23NO3. The van der Waals surface area contributed by atoms with E-state index in [2.05, 4.69) is 11.9 Å². The fraction of sp³-hybridized carbons (Fsp3) is 0.333. The van der Waals surface area contributed by atoms with Crippen LogP contribution in [0.4, 0.5) is 0 Å². The van der Waals surface area contributed by atoms with Gasteiger partial charge in [-0.2, -0.15) is 0 Å². The maximum absolute atomic E-state index is 12.8. The Morgan fingerprint density at radius 3 is 2.36 bits per heavy atom. The molecule has 0 N–H and O–H groups in total. The van der Waals surface area contributed by atoms with Gasteiger partial charge in [-0.15, -0.1) is 0 Å². The van der Waals surface area contributed by atoms with Gasteiger partial charge in [0.2, 0.25) is 5.78 Å². The van der Waals surface area contributed by atoms with E-state index in [0.29, 0.717) is 17.9 Å². The van der Waals surface area contributed by atoms with Crippen LogP contribution in [0.3, 0.4) is 0 Å². The maximum Gasteiger partial charge on any atom is 0.210 e. The van der Waals surface area contributed by atoms with Gasteiger partial charge < -0.3 is 9.47 Å². The Labute approximate surface area is 148 Å². The van der Waals surface area contributed by atoms with E-state index in [-0.39, 0.29) is 5.78 Å². The molecule has 4 nitrogen and oxygen atoms in total. The highest BCUT2D eigenvalue weighted by molar-refractivity contribution is 6.32. The Balaban J connectivity index is 1.95. The maximum atomic E-state index is 12.8. The molecule has 0 spiro atoms. The second-order valence-electron chi connectivity index (χ2n) is 6.61. The summed E-state index contributed by atoms with van der Waals surface area (Å²) in [5, 5.41) is 0. The predicted octanol–water partition coefficient (Wildman–Crippen LogP) is 4.51. The zero-order chi connectivity index (χ0) is 17.9. The molecule has 1 aliphatic heterocycles. The Hall–Kier alpha value is -2.62. The number of rotatable bonds is 6. The number of ether oxygens (including phenoxy) is 2. The average molecular weight is 337 g/mol. The number of hydrogen-bond donors (Lipinski definition) is 0. The van der Waals surface area contributed by atoms with Crippen molar-refractivity contribution in [3.05, 3.63) is 59.9 Å². The Morgan fingerprint density at radius 1 is 1.04 bits per heavy atom. The molecule has 4 heteroatoms. The van der Waals surface area contributed by atoms with Crippen LogP contribution in [-0.4, -0.2) is 23.0 Å². The summed E-state index contributed by atoms with van der Waals surface area (Å²) in [7, 11) is 0. The number of unbranched alkanes of at least 4 members (excludes halogenated alkanes) is 1. The van der Waals surface area contributed by atoms with Crippen LogP contribution in [0.5, 0.6) is 5.75 Å². The molecule has 0 radical (unpaired) electrons. The zero-order valence-corrected chi connectivity index (χ0v) is 14.9. The van der Waals surface area contributed by atoms with Gasteiger partial charge in [0.15, 0.2) is 5.60 Å². The third-order valence-corrected chi connectivity index (χ3v) is 4.21. The number of hydrogen-bond acceptors (Lipinski definition) is 4. The lowest BCUT2D eigenvalue weighted by Gasteiger charge is -2.18. The van der Waals surface area contributed by atoms with Gasteiger partial charge in [-0.3, -0.25) is 9.78 Å². The van der Waals surface area contributed by atoms with Gasteiger partial charge in [0.05, 0.1) is 12.2 Å². The number of carbonyl (C=O) groups is 1. The first-order valence-corrected chi connectivity index (χ1v) is 8.64. The molecule has 0 aliphatic carbocycles. The van der Waals surface area contributed by atoms with E-state index in [9.17, 15) is 4.79 Å². The molecule has 130 valence electrons. The quantitative estimate of drug-likeness (QED) is 0.728. The van der Waals surface area contributed by atoms with E-state index in [0.717, 1.165) is 29.7 Å². The fourth-order valence-corrected chi connectivity index (χ4v) is 2.78. The summed E-state index contributed by atoms with van der Waals surface area (Å²) in [5.41, 5.74) is 1.43. The van der Waals surface area contributed by atoms with Crippen LogP contribution in [0.1, 0.15) is 44.7 Å². The van der Waals surface area contributed by atoms with Crippen LogP contribution in [0.25, 0.3) is 11.3 Å². The molecule has 0 unspecified atom stereocenters. The van der Waals surface area contributed by atoms with Crippen molar-refractivity contribution in [3.8, 4) is 5.75 Å². The van der Waals surface area contributed by atoms with E-state index >= 15 is 0 Å². The number of Topliss-reactive ketones (excluding diaryl/α,β-unsaturated/α-hetero) is 1. The first kappa shape index (κ1) is 17.2. The van der Waals surface area contributed by atoms with E-state index < -0.39 is 5.60 Å². The number of benzene rings is 1. The van der Waals surface area contributed by atoms with Crippen molar-refractivity contribution in [2.45, 2.75) is 39.2 Å². The third kappa shape index (κ3) is 3.58. The van der Waals surface area contributed by atoms with Crippen LogP contribution >= 0.6 is 0 Å². The molecule has 0 atom stereocenters. The van der Waals surface area contributed by atoms with E-state index in [4.69, 9.17) is 9.47 Å². The van der Waals surface area contributed by atoms with Gasteiger partial charge in [-0.25, -0.2) is 0 Å². The smallest absolute Gasteiger partial charge is 0.210 e. The lowest BCUT2D eigenvalue weighted by molar-refractivity contribution is -0.125. The van der Waals surface area contributed by atoms with E-state index in [1.165, 1.54) is 0 Å². The van der Waals surface area contributed by atoms with Crippen LogP contribution in [0.2, 0.25) is 0 Å². The minimum absolute atomic E-state index is 0.0167. The molecule has 0 amide bonds. The predicted molar refractivity (Wildman–Crippen MR) is 98.1 cm³/mol. The summed E-state index contributed by atoms with van der Waals surface area (Å²) >= 11 is 0. The zero-order valence-electron chi connectivity index (χ0n) is 14.9. The van der Waals surface area contributed by atoms with Crippen molar-refractivity contribution < 1.29 is 14.3 Å². The number of pyridine rings is 1. The van der Waals surface area contributed by atoms with Gasteiger partial charge in [-0.05, 0) is 62.2 Å². The van der Waals surface area contributed by atoms with E-state index in [1.54, 1.807) is 26.2 Å². The third-order valence-electron chi connectivity index (χ3n) is 4.21. The van der Waals surface area contributed by atoms with Crippen molar-refractivity contribution in [2.75, 3.05) is 6.61 Å². The van der Waals surface area contributed by atoms with Gasteiger partial charge in [-0.1, -0.05) is 13.3 Å². The lowest BCUT2D eigenvalue weighted by atomic mass is 9.93. The lowest BCUT2D eigenvalue weighted by Crippen LogP contribution is -2.29. The molecule has 0 saturated carbocycles. The minimum atomic E-state index is -0.871. The average Bonchev–Trinajstić information content (AvgIpc) is 2.86. The monoisotopic (exact) mass is 337 g/mol. The summed E-state index contributed by atoms with van der Waals surface area (Å²) in [4.78, 5) is 16.9. The van der Waals surface area contributed by atoms with E-state index in [1.807, 2.05) is 36.4 Å². The second-order valence-corrected chi connectivity index (χ2v) is 6.61. The van der Waals surface area contributed by atoms with Crippen molar-refractivity contribution in [2.24, 2.45) is 0 Å². The van der Waals surface area contributed by atoms with Crippen LogP contribution in [0.15, 0.2) is 48.8 Å². The van der Waals surface area contributed by atoms with Gasteiger partial charge in [0, 0.05) is 18.0 Å². The molecule has 1 aliphatic rings. The van der Waals surface area contributed by atoms with Crippen LogP contribution in [0, 0.1) is 0 Å². The van der Waals surface area contributed by atoms with Gasteiger partial charge in [0.1, 0.15) is 11.5 Å². The summed E-state index contributed by atoms with van der Waals surface area (Å²) in [6.45, 7) is 6.44. The number of nitrogens with zero attached hydrogens (tertiary/aromatic N) is 1. The molecule has 0 saturated heterocycles. The molecule has 25 heavy (non-hydrogen) atoms. The van der Waals surface area contributed by atoms with Crippen LogP contribution < -0.4 is 4.74 Å². The Morgan fingerprint density at radius 2 is 1.72 bits per heavy atom. The molecular weight excluding hydrogens is 314 g/mol. The fourth-order valence-electron chi connectivity index (χ4n) is 2.78. The van der Waals surface area contributed by atoms with Crippen LogP contribution in [-0.2, 0) is 9.53 Å². The number of carbonyl (C=O) groups excluding carboxylic acids is 1. The summed E-state index contributed by atoms with van der Waals surface area (Å²) < 4.78 is 11.7. The number of ketones is 1. The Bertz CT molecular complexity index is 777. The van der Waals surface area contributed by atoms with Gasteiger partial charge in [0.25, 0.3) is 0 Å². The Kier molecular flexibility index (Phi) is 4.88. The largest absolute Gasteiger partial charge is 0.494 e. The summed E-state index contributed by atoms with van der Waals surface area (Å²) in [5.74, 6) is 1.42. The highest BCUT2D eigenvalue weighted by atomic mass is 16.5. The molecule has 1 aromatic carbocycles. The highest BCUT2D eigenvalue weighted by Crippen LogP contribution is 2.41. The summed E-state index contributed by atoms with van der Waals surface area (Å²) in [6, 6.07) is 11.4.